The lowest BCUT2D eigenvalue weighted by atomic mass is 10.2. The second kappa shape index (κ2) is 5.26. The van der Waals surface area contributed by atoms with Crippen molar-refractivity contribution >= 4 is 24.8 Å². The first-order valence-corrected chi connectivity index (χ1v) is 2.39. The highest BCUT2D eigenvalue weighted by Gasteiger charge is 2.19. The SMILES string of the molecule is Cl.Cl.NC1COCC1N. The number of halogens is 2. The second-order valence-corrected chi connectivity index (χ2v) is 1.87. The van der Waals surface area contributed by atoms with E-state index in [1.807, 2.05) is 0 Å². The van der Waals surface area contributed by atoms with Crippen molar-refractivity contribution in [3.05, 3.63) is 0 Å². The molecule has 5 heteroatoms. The zero-order valence-electron chi connectivity index (χ0n) is 4.95. The van der Waals surface area contributed by atoms with E-state index in [-0.39, 0.29) is 36.9 Å². The summed E-state index contributed by atoms with van der Waals surface area (Å²) in [5.41, 5.74) is 10.9. The van der Waals surface area contributed by atoms with Gasteiger partial charge in [-0.1, -0.05) is 0 Å². The molecule has 58 valence electrons. The summed E-state index contributed by atoms with van der Waals surface area (Å²) in [7, 11) is 0. The summed E-state index contributed by atoms with van der Waals surface area (Å²) in [6.45, 7) is 1.25. The Balaban J connectivity index is 0. The Kier molecular flexibility index (Phi) is 7.11. The number of nitrogens with two attached hydrogens (primary N) is 2. The van der Waals surface area contributed by atoms with Crippen LogP contribution in [0.2, 0.25) is 0 Å². The molecule has 2 atom stereocenters. The van der Waals surface area contributed by atoms with Gasteiger partial charge in [0.05, 0.1) is 13.2 Å². The molecule has 1 rings (SSSR count). The average Bonchev–Trinajstić information content (AvgIpc) is 1.91. The lowest BCUT2D eigenvalue weighted by molar-refractivity contribution is 0.191. The van der Waals surface area contributed by atoms with Gasteiger partial charge in [0.2, 0.25) is 0 Å². The van der Waals surface area contributed by atoms with Crippen molar-refractivity contribution < 1.29 is 4.74 Å². The van der Waals surface area contributed by atoms with E-state index in [1.54, 1.807) is 0 Å². The van der Waals surface area contributed by atoms with Crippen molar-refractivity contribution in [1.29, 1.82) is 0 Å². The molecule has 1 fully saturated rings. The van der Waals surface area contributed by atoms with Crippen LogP contribution in [0.5, 0.6) is 0 Å². The van der Waals surface area contributed by atoms with Gasteiger partial charge in [-0.05, 0) is 0 Å². The molecule has 0 aromatic heterocycles. The van der Waals surface area contributed by atoms with Crippen molar-refractivity contribution in [1.82, 2.24) is 0 Å². The normalized spacial score (nSPS) is 32.7. The van der Waals surface area contributed by atoms with Gasteiger partial charge in [0, 0.05) is 12.1 Å². The summed E-state index contributed by atoms with van der Waals surface area (Å²) in [4.78, 5) is 0. The summed E-state index contributed by atoms with van der Waals surface area (Å²) in [5, 5.41) is 0. The van der Waals surface area contributed by atoms with Crippen LogP contribution in [0.1, 0.15) is 0 Å². The maximum atomic E-state index is 5.43. The fourth-order valence-electron chi connectivity index (χ4n) is 0.587. The third-order valence-corrected chi connectivity index (χ3v) is 1.17. The molecule has 3 nitrogen and oxygen atoms in total. The molecule has 1 saturated heterocycles. The Labute approximate surface area is 66.9 Å². The number of rotatable bonds is 0. The number of hydrogen-bond acceptors (Lipinski definition) is 3. The standard InChI is InChI=1S/C4H10N2O.2ClH/c5-3-1-7-2-4(3)6;;/h3-4H,1-2,5-6H2;2*1H. The molecule has 0 radical (unpaired) electrons. The van der Waals surface area contributed by atoms with E-state index in [1.165, 1.54) is 0 Å². The topological polar surface area (TPSA) is 61.3 Å². The smallest absolute Gasteiger partial charge is 0.0634 e. The molecule has 0 aromatic carbocycles. The van der Waals surface area contributed by atoms with Crippen LogP contribution in [-0.4, -0.2) is 25.3 Å². The molecule has 1 aliphatic heterocycles. The summed E-state index contributed by atoms with van der Waals surface area (Å²) in [5.74, 6) is 0. The molecule has 9 heavy (non-hydrogen) atoms. The van der Waals surface area contributed by atoms with Crippen molar-refractivity contribution in [3.63, 3.8) is 0 Å². The molecule has 0 spiro atoms. The van der Waals surface area contributed by atoms with E-state index in [4.69, 9.17) is 16.2 Å². The number of hydrogen-bond donors (Lipinski definition) is 2. The Hall–Kier alpha value is 0.460. The van der Waals surface area contributed by atoms with Gasteiger partial charge in [0.1, 0.15) is 0 Å². The van der Waals surface area contributed by atoms with Crippen LogP contribution in [-0.2, 0) is 4.74 Å². The van der Waals surface area contributed by atoms with Crippen molar-refractivity contribution in [3.8, 4) is 0 Å². The van der Waals surface area contributed by atoms with Crippen molar-refractivity contribution in [2.45, 2.75) is 12.1 Å². The molecular formula is C4H12Cl2N2O. The van der Waals surface area contributed by atoms with Gasteiger partial charge in [-0.25, -0.2) is 0 Å². The van der Waals surface area contributed by atoms with E-state index < -0.39 is 0 Å². The molecule has 0 bridgehead atoms. The largest absolute Gasteiger partial charge is 0.378 e. The summed E-state index contributed by atoms with van der Waals surface area (Å²) in [6, 6.07) is 0.139. The highest BCUT2D eigenvalue weighted by molar-refractivity contribution is 5.85. The second-order valence-electron chi connectivity index (χ2n) is 1.87. The van der Waals surface area contributed by atoms with Crippen LogP contribution in [0, 0.1) is 0 Å². The maximum absolute atomic E-state index is 5.43. The van der Waals surface area contributed by atoms with Gasteiger partial charge in [-0.15, -0.1) is 24.8 Å². The summed E-state index contributed by atoms with van der Waals surface area (Å²) >= 11 is 0. The Morgan fingerprint density at radius 1 is 1.00 bits per heavy atom. The van der Waals surface area contributed by atoms with E-state index in [0.717, 1.165) is 0 Å². The van der Waals surface area contributed by atoms with Crippen LogP contribution in [0.4, 0.5) is 0 Å². The third-order valence-electron chi connectivity index (χ3n) is 1.17. The minimum absolute atomic E-state index is 0. The van der Waals surface area contributed by atoms with E-state index >= 15 is 0 Å². The van der Waals surface area contributed by atoms with Crippen LogP contribution >= 0.6 is 24.8 Å². The van der Waals surface area contributed by atoms with Crippen molar-refractivity contribution in [2.24, 2.45) is 11.5 Å². The molecule has 4 N–H and O–H groups in total. The van der Waals surface area contributed by atoms with E-state index in [0.29, 0.717) is 13.2 Å². The van der Waals surface area contributed by atoms with Gasteiger partial charge in [0.25, 0.3) is 0 Å². The number of ether oxygens (including phenoxy) is 1. The molecule has 0 amide bonds. The van der Waals surface area contributed by atoms with Gasteiger partial charge in [-0.3, -0.25) is 0 Å². The van der Waals surface area contributed by atoms with Gasteiger partial charge in [-0.2, -0.15) is 0 Å². The lowest BCUT2D eigenvalue weighted by Gasteiger charge is -2.02. The summed E-state index contributed by atoms with van der Waals surface area (Å²) < 4.78 is 4.92. The first-order valence-electron chi connectivity index (χ1n) is 2.39. The zero-order valence-corrected chi connectivity index (χ0v) is 6.58. The van der Waals surface area contributed by atoms with Gasteiger partial charge in [0.15, 0.2) is 0 Å². The van der Waals surface area contributed by atoms with Crippen LogP contribution < -0.4 is 11.5 Å². The first-order chi connectivity index (χ1) is 3.30. The third kappa shape index (κ3) is 3.23. The lowest BCUT2D eigenvalue weighted by Crippen LogP contribution is -2.39. The van der Waals surface area contributed by atoms with Gasteiger partial charge >= 0.3 is 0 Å². The highest BCUT2D eigenvalue weighted by Crippen LogP contribution is 1.97. The molecule has 2 unspecified atom stereocenters. The molecule has 0 saturated carbocycles. The Morgan fingerprint density at radius 2 is 1.33 bits per heavy atom. The quantitative estimate of drug-likeness (QED) is 0.522. The molecule has 1 aliphatic rings. The zero-order chi connectivity index (χ0) is 5.28. The monoisotopic (exact) mass is 174 g/mol. The predicted molar refractivity (Wildman–Crippen MR) is 41.3 cm³/mol. The first kappa shape index (κ1) is 12.2. The van der Waals surface area contributed by atoms with Gasteiger partial charge < -0.3 is 16.2 Å². The Morgan fingerprint density at radius 3 is 1.44 bits per heavy atom. The fourth-order valence-corrected chi connectivity index (χ4v) is 0.587. The fraction of sp³-hybridized carbons (Fsp3) is 1.00. The van der Waals surface area contributed by atoms with Crippen LogP contribution in [0.3, 0.4) is 0 Å². The molecular weight excluding hydrogens is 163 g/mol. The Bertz CT molecular complexity index is 65.6. The highest BCUT2D eigenvalue weighted by atomic mass is 35.5. The van der Waals surface area contributed by atoms with E-state index in [2.05, 4.69) is 0 Å². The van der Waals surface area contributed by atoms with E-state index in [9.17, 15) is 0 Å². The van der Waals surface area contributed by atoms with Crippen LogP contribution in [0.15, 0.2) is 0 Å². The van der Waals surface area contributed by atoms with Crippen molar-refractivity contribution in [2.75, 3.05) is 13.2 Å². The average molecular weight is 175 g/mol. The summed E-state index contributed by atoms with van der Waals surface area (Å²) in [6.07, 6.45) is 0. The molecule has 0 aliphatic carbocycles. The van der Waals surface area contributed by atoms with Crippen LogP contribution in [0.25, 0.3) is 0 Å². The molecule has 1 heterocycles. The minimum Gasteiger partial charge on any atom is -0.378 e. The predicted octanol–water partition coefficient (Wildman–Crippen LogP) is -0.485. The maximum Gasteiger partial charge on any atom is 0.0634 e. The molecule has 0 aromatic rings. The minimum atomic E-state index is 0.